The molecule has 3 amide bonds. The van der Waals surface area contributed by atoms with E-state index < -0.39 is 0 Å². The molecule has 7 heteroatoms. The molecule has 2 aliphatic rings. The van der Waals surface area contributed by atoms with Gasteiger partial charge in [0.25, 0.3) is 0 Å². The van der Waals surface area contributed by atoms with Gasteiger partial charge in [-0.25, -0.2) is 9.18 Å². The molecule has 28 heavy (non-hydrogen) atoms. The lowest BCUT2D eigenvalue weighted by molar-refractivity contribution is -0.140. The smallest absolute Gasteiger partial charge is 0.319 e. The quantitative estimate of drug-likeness (QED) is 0.859. The Morgan fingerprint density at radius 3 is 2.54 bits per heavy atom. The van der Waals surface area contributed by atoms with Crippen molar-refractivity contribution in [2.45, 2.75) is 32.7 Å². The number of nitrogens with zero attached hydrogens (tertiary/aromatic N) is 3. The van der Waals surface area contributed by atoms with Crippen LogP contribution in [0.25, 0.3) is 0 Å². The van der Waals surface area contributed by atoms with Gasteiger partial charge in [-0.3, -0.25) is 4.79 Å². The minimum Gasteiger partial charge on any atom is -0.333 e. The number of hydrogen-bond acceptors (Lipinski definition) is 3. The van der Waals surface area contributed by atoms with Gasteiger partial charge in [-0.1, -0.05) is 12.1 Å². The lowest BCUT2D eigenvalue weighted by Crippen LogP contribution is -2.53. The van der Waals surface area contributed by atoms with Crippen molar-refractivity contribution < 1.29 is 14.0 Å². The first-order valence-electron chi connectivity index (χ1n) is 10.4. The van der Waals surface area contributed by atoms with Gasteiger partial charge in [0.15, 0.2) is 0 Å². The summed E-state index contributed by atoms with van der Waals surface area (Å²) in [5.41, 5.74) is 0.828. The summed E-state index contributed by atoms with van der Waals surface area (Å²) in [6.45, 7) is 8.59. The fourth-order valence-corrected chi connectivity index (χ4v) is 4.23. The van der Waals surface area contributed by atoms with E-state index in [-0.39, 0.29) is 29.7 Å². The maximum absolute atomic E-state index is 13.7. The molecule has 2 heterocycles. The van der Waals surface area contributed by atoms with E-state index in [0.29, 0.717) is 52.1 Å². The van der Waals surface area contributed by atoms with Crippen LogP contribution in [-0.4, -0.2) is 72.5 Å². The Hall–Kier alpha value is -2.15. The monoisotopic (exact) mass is 390 g/mol. The number of nitrogens with one attached hydrogen (secondary N) is 1. The summed E-state index contributed by atoms with van der Waals surface area (Å²) in [5.74, 6) is -0.223. The summed E-state index contributed by atoms with van der Waals surface area (Å²) < 4.78 is 13.7. The van der Waals surface area contributed by atoms with Gasteiger partial charge in [0.05, 0.1) is 6.04 Å². The maximum Gasteiger partial charge on any atom is 0.319 e. The van der Waals surface area contributed by atoms with Crippen LogP contribution in [0, 0.1) is 11.7 Å². The minimum atomic E-state index is -0.279. The number of halogens is 1. The maximum atomic E-state index is 13.7. The van der Waals surface area contributed by atoms with E-state index >= 15 is 0 Å². The number of urea groups is 1. The van der Waals surface area contributed by atoms with Crippen LogP contribution >= 0.6 is 0 Å². The Morgan fingerprint density at radius 2 is 1.89 bits per heavy atom. The molecule has 0 radical (unpaired) electrons. The van der Waals surface area contributed by atoms with Crippen molar-refractivity contribution in [2.75, 3.05) is 45.8 Å². The van der Waals surface area contributed by atoms with E-state index in [9.17, 15) is 14.0 Å². The predicted octanol–water partition coefficient (Wildman–Crippen LogP) is 2.47. The summed E-state index contributed by atoms with van der Waals surface area (Å²) in [6, 6.07) is 6.44. The highest BCUT2D eigenvalue weighted by Crippen LogP contribution is 2.28. The number of rotatable bonds is 4. The highest BCUT2D eigenvalue weighted by molar-refractivity contribution is 5.80. The van der Waals surface area contributed by atoms with Crippen molar-refractivity contribution >= 4 is 11.9 Å². The first-order chi connectivity index (χ1) is 13.5. The topological polar surface area (TPSA) is 55.9 Å². The van der Waals surface area contributed by atoms with Gasteiger partial charge in [-0.05, 0) is 44.4 Å². The SMILES string of the molecule is CCN(CC)C(=O)N1CCC(C(=O)N2CCNCC2c2cccc(F)c2)CC1. The Bertz CT molecular complexity index is 687. The van der Waals surface area contributed by atoms with Crippen molar-refractivity contribution in [3.63, 3.8) is 0 Å². The van der Waals surface area contributed by atoms with Crippen molar-refractivity contribution in [1.82, 2.24) is 20.0 Å². The molecular formula is C21H31FN4O2. The average molecular weight is 391 g/mol. The molecule has 2 saturated heterocycles. The largest absolute Gasteiger partial charge is 0.333 e. The lowest BCUT2D eigenvalue weighted by Gasteiger charge is -2.41. The van der Waals surface area contributed by atoms with Crippen LogP contribution in [0.15, 0.2) is 24.3 Å². The zero-order valence-corrected chi connectivity index (χ0v) is 16.9. The van der Waals surface area contributed by atoms with E-state index in [0.717, 1.165) is 12.1 Å². The fourth-order valence-electron chi connectivity index (χ4n) is 4.23. The molecule has 0 saturated carbocycles. The number of amides is 3. The van der Waals surface area contributed by atoms with Gasteiger partial charge in [-0.15, -0.1) is 0 Å². The van der Waals surface area contributed by atoms with Crippen LogP contribution in [0.3, 0.4) is 0 Å². The molecule has 0 aromatic heterocycles. The third-order valence-corrected chi connectivity index (χ3v) is 5.91. The van der Waals surface area contributed by atoms with Gasteiger partial charge in [0.2, 0.25) is 5.91 Å². The first-order valence-corrected chi connectivity index (χ1v) is 10.4. The van der Waals surface area contributed by atoms with Crippen LogP contribution < -0.4 is 5.32 Å². The first kappa shape index (κ1) is 20.6. The number of benzene rings is 1. The zero-order valence-electron chi connectivity index (χ0n) is 16.9. The second kappa shape index (κ2) is 9.37. The Balaban J connectivity index is 1.64. The minimum absolute atomic E-state index is 0.0655. The van der Waals surface area contributed by atoms with Gasteiger partial charge >= 0.3 is 6.03 Å². The van der Waals surface area contributed by atoms with E-state index in [1.165, 1.54) is 12.1 Å². The molecule has 0 spiro atoms. The van der Waals surface area contributed by atoms with Gasteiger partial charge in [0.1, 0.15) is 5.82 Å². The molecule has 0 aliphatic carbocycles. The normalized spacial score (nSPS) is 20.9. The van der Waals surface area contributed by atoms with E-state index in [1.807, 2.05) is 34.6 Å². The molecule has 1 aromatic carbocycles. The summed E-state index contributed by atoms with van der Waals surface area (Å²) in [7, 11) is 0. The second-order valence-electron chi connectivity index (χ2n) is 7.52. The van der Waals surface area contributed by atoms with E-state index in [1.54, 1.807) is 6.07 Å². The van der Waals surface area contributed by atoms with Crippen LogP contribution in [0.2, 0.25) is 0 Å². The Morgan fingerprint density at radius 1 is 1.18 bits per heavy atom. The molecule has 1 aromatic rings. The highest BCUT2D eigenvalue weighted by atomic mass is 19.1. The molecule has 2 fully saturated rings. The molecule has 0 bridgehead atoms. The molecular weight excluding hydrogens is 359 g/mol. The van der Waals surface area contributed by atoms with Crippen molar-refractivity contribution in [1.29, 1.82) is 0 Å². The molecule has 1 N–H and O–H groups in total. The van der Waals surface area contributed by atoms with Crippen molar-refractivity contribution in [3.05, 3.63) is 35.6 Å². The van der Waals surface area contributed by atoms with Crippen LogP contribution in [0.1, 0.15) is 38.3 Å². The van der Waals surface area contributed by atoms with Gasteiger partial charge in [0, 0.05) is 51.7 Å². The lowest BCUT2D eigenvalue weighted by atomic mass is 9.93. The molecule has 3 rings (SSSR count). The molecule has 6 nitrogen and oxygen atoms in total. The predicted molar refractivity (Wildman–Crippen MR) is 106 cm³/mol. The third kappa shape index (κ3) is 4.46. The van der Waals surface area contributed by atoms with Crippen LogP contribution in [0.5, 0.6) is 0 Å². The molecule has 154 valence electrons. The number of likely N-dealkylation sites (tertiary alicyclic amines) is 1. The Kier molecular flexibility index (Phi) is 6.88. The number of carbonyl (C=O) groups excluding carboxylic acids is 2. The van der Waals surface area contributed by atoms with Crippen molar-refractivity contribution in [3.8, 4) is 0 Å². The molecule has 1 atom stereocenters. The van der Waals surface area contributed by atoms with E-state index in [4.69, 9.17) is 0 Å². The summed E-state index contributed by atoms with van der Waals surface area (Å²) in [5, 5.41) is 3.31. The third-order valence-electron chi connectivity index (χ3n) is 5.91. The molecule has 2 aliphatic heterocycles. The van der Waals surface area contributed by atoms with Crippen LogP contribution in [0.4, 0.5) is 9.18 Å². The highest BCUT2D eigenvalue weighted by Gasteiger charge is 2.35. The fraction of sp³-hybridized carbons (Fsp3) is 0.619. The average Bonchev–Trinajstić information content (AvgIpc) is 2.74. The summed E-state index contributed by atoms with van der Waals surface area (Å²) >= 11 is 0. The van der Waals surface area contributed by atoms with Crippen LogP contribution in [-0.2, 0) is 4.79 Å². The van der Waals surface area contributed by atoms with Crippen molar-refractivity contribution in [2.24, 2.45) is 5.92 Å². The standard InChI is InChI=1S/C21H31FN4O2/c1-3-24(4-2)21(28)25-11-8-16(9-12-25)20(27)26-13-10-23-15-19(26)17-6-5-7-18(22)14-17/h5-7,14,16,19,23H,3-4,8-13,15H2,1-2H3. The summed E-state index contributed by atoms with van der Waals surface area (Å²) in [4.78, 5) is 31.3. The number of carbonyl (C=O) groups is 2. The summed E-state index contributed by atoms with van der Waals surface area (Å²) in [6.07, 6.45) is 1.37. The number of piperidine rings is 1. The van der Waals surface area contributed by atoms with Gasteiger partial charge in [-0.2, -0.15) is 0 Å². The van der Waals surface area contributed by atoms with Gasteiger partial charge < -0.3 is 20.0 Å². The van der Waals surface area contributed by atoms with E-state index in [2.05, 4.69) is 5.32 Å². The molecule has 1 unspecified atom stereocenters. The second-order valence-corrected chi connectivity index (χ2v) is 7.52. The Labute approximate surface area is 166 Å². The number of piperazine rings is 1. The number of hydrogen-bond donors (Lipinski definition) is 1. The zero-order chi connectivity index (χ0) is 20.1.